The molecule has 1 atom stereocenters. The van der Waals surface area contributed by atoms with E-state index in [9.17, 15) is 4.79 Å². The Morgan fingerprint density at radius 3 is 2.74 bits per heavy atom. The Balaban J connectivity index is 1.98. The van der Waals surface area contributed by atoms with Crippen LogP contribution in [-0.4, -0.2) is 22.9 Å². The summed E-state index contributed by atoms with van der Waals surface area (Å²) in [4.78, 5) is 14.6. The van der Waals surface area contributed by atoms with Gasteiger partial charge in [-0.25, -0.2) is 0 Å². The van der Waals surface area contributed by atoms with E-state index in [1.54, 1.807) is 0 Å². The summed E-state index contributed by atoms with van der Waals surface area (Å²) in [6.07, 6.45) is 3.06. The zero-order chi connectivity index (χ0) is 13.6. The fraction of sp³-hybridized carbons (Fsp3) is 0.562. The first-order chi connectivity index (χ1) is 9.07. The zero-order valence-corrected chi connectivity index (χ0v) is 12.0. The van der Waals surface area contributed by atoms with Crippen LogP contribution in [0.25, 0.3) is 0 Å². The highest BCUT2D eigenvalue weighted by Gasteiger charge is 2.59. The van der Waals surface area contributed by atoms with Crippen LogP contribution in [0.15, 0.2) is 18.2 Å². The Kier molecular flexibility index (Phi) is 2.90. The molecule has 1 aliphatic carbocycles. The van der Waals surface area contributed by atoms with Gasteiger partial charge in [0.05, 0.1) is 0 Å². The van der Waals surface area contributed by atoms with Gasteiger partial charge in [-0.3, -0.25) is 10.1 Å². The van der Waals surface area contributed by atoms with Crippen LogP contribution >= 0.6 is 0 Å². The van der Waals surface area contributed by atoms with Crippen LogP contribution in [0, 0.1) is 13.8 Å². The quantitative estimate of drug-likeness (QED) is 0.904. The van der Waals surface area contributed by atoms with E-state index >= 15 is 0 Å². The summed E-state index contributed by atoms with van der Waals surface area (Å²) in [6, 6.07) is 6.50. The van der Waals surface area contributed by atoms with Gasteiger partial charge < -0.3 is 4.90 Å². The molecule has 19 heavy (non-hydrogen) atoms. The molecule has 1 spiro atoms. The number of hydrogen-bond donors (Lipinski definition) is 1. The molecule has 3 rings (SSSR count). The lowest BCUT2D eigenvalue weighted by atomic mass is 10.0. The highest BCUT2D eigenvalue weighted by atomic mass is 16.2. The predicted octanol–water partition coefficient (Wildman–Crippen LogP) is 2.68. The molecule has 1 heterocycles. The number of hydrogen-bond acceptors (Lipinski definition) is 2. The Morgan fingerprint density at radius 2 is 2.11 bits per heavy atom. The molecular formula is C16H22N2O. The number of aryl methyl sites for hydroxylation is 2. The van der Waals surface area contributed by atoms with Gasteiger partial charge in [-0.1, -0.05) is 30.7 Å². The lowest BCUT2D eigenvalue weighted by Crippen LogP contribution is -2.32. The summed E-state index contributed by atoms with van der Waals surface area (Å²) >= 11 is 0. The van der Waals surface area contributed by atoms with Crippen molar-refractivity contribution in [3.63, 3.8) is 0 Å². The van der Waals surface area contributed by atoms with Crippen LogP contribution in [0.5, 0.6) is 0 Å². The minimum Gasteiger partial charge on any atom is -0.321 e. The average Bonchev–Trinajstić information content (AvgIpc) is 3.12. The van der Waals surface area contributed by atoms with Crippen LogP contribution in [0.4, 0.5) is 0 Å². The Bertz CT molecular complexity index is 519. The number of nitrogens with zero attached hydrogens (tertiary/aromatic N) is 1. The van der Waals surface area contributed by atoms with Gasteiger partial charge in [0, 0.05) is 6.54 Å². The summed E-state index contributed by atoms with van der Waals surface area (Å²) < 4.78 is 0. The number of amides is 1. The molecule has 1 unspecified atom stereocenters. The van der Waals surface area contributed by atoms with E-state index < -0.39 is 0 Å². The normalized spacial score (nSPS) is 24.3. The fourth-order valence-corrected chi connectivity index (χ4v) is 3.05. The second-order valence-corrected chi connectivity index (χ2v) is 5.99. The third-order valence-corrected chi connectivity index (χ3v) is 4.34. The summed E-state index contributed by atoms with van der Waals surface area (Å²) in [7, 11) is 0. The van der Waals surface area contributed by atoms with Crippen molar-refractivity contribution in [3.8, 4) is 0 Å². The first-order valence-electron chi connectivity index (χ1n) is 7.23. The van der Waals surface area contributed by atoms with Crippen molar-refractivity contribution < 1.29 is 4.79 Å². The van der Waals surface area contributed by atoms with Crippen molar-refractivity contribution in [2.45, 2.75) is 51.7 Å². The maximum Gasteiger partial charge on any atom is 0.244 e. The molecule has 1 amide bonds. The molecule has 2 aliphatic rings. The van der Waals surface area contributed by atoms with Gasteiger partial charge in [-0.2, -0.15) is 0 Å². The van der Waals surface area contributed by atoms with Crippen molar-refractivity contribution in [3.05, 3.63) is 34.9 Å². The molecule has 1 saturated carbocycles. The summed E-state index contributed by atoms with van der Waals surface area (Å²) in [6.45, 7) is 7.21. The van der Waals surface area contributed by atoms with Crippen LogP contribution in [-0.2, 0) is 4.79 Å². The van der Waals surface area contributed by atoms with Gasteiger partial charge in [-0.05, 0) is 44.2 Å². The third-order valence-electron chi connectivity index (χ3n) is 4.34. The highest BCUT2D eigenvalue weighted by molar-refractivity contribution is 5.92. The monoisotopic (exact) mass is 258 g/mol. The molecule has 0 bridgehead atoms. The highest BCUT2D eigenvalue weighted by Crippen LogP contribution is 2.46. The molecule has 0 radical (unpaired) electrons. The van der Waals surface area contributed by atoms with E-state index in [0.29, 0.717) is 5.91 Å². The smallest absolute Gasteiger partial charge is 0.244 e. The molecule has 0 aromatic heterocycles. The van der Waals surface area contributed by atoms with Gasteiger partial charge in [-0.15, -0.1) is 0 Å². The lowest BCUT2D eigenvalue weighted by molar-refractivity contribution is -0.130. The number of carbonyl (C=O) groups is 1. The maximum atomic E-state index is 12.5. The van der Waals surface area contributed by atoms with Crippen molar-refractivity contribution in [1.82, 2.24) is 10.2 Å². The van der Waals surface area contributed by atoms with Gasteiger partial charge in [0.2, 0.25) is 5.91 Å². The second-order valence-electron chi connectivity index (χ2n) is 5.99. The Hall–Kier alpha value is -1.35. The second kappa shape index (κ2) is 4.34. The Labute approximate surface area is 115 Å². The minimum atomic E-state index is -0.226. The van der Waals surface area contributed by atoms with E-state index in [-0.39, 0.29) is 11.7 Å². The first kappa shape index (κ1) is 12.7. The molecule has 3 nitrogen and oxygen atoms in total. The average molecular weight is 258 g/mol. The van der Waals surface area contributed by atoms with Crippen molar-refractivity contribution >= 4 is 5.91 Å². The van der Waals surface area contributed by atoms with E-state index in [4.69, 9.17) is 0 Å². The van der Waals surface area contributed by atoms with Crippen molar-refractivity contribution in [2.75, 3.05) is 6.54 Å². The third kappa shape index (κ3) is 1.96. The molecule has 1 aromatic rings. The van der Waals surface area contributed by atoms with E-state index in [1.807, 2.05) is 4.90 Å². The summed E-state index contributed by atoms with van der Waals surface area (Å²) in [5.74, 6) is 0.306. The first-order valence-corrected chi connectivity index (χ1v) is 7.23. The largest absolute Gasteiger partial charge is 0.321 e. The van der Waals surface area contributed by atoms with Crippen molar-refractivity contribution in [2.24, 2.45) is 0 Å². The molecule has 1 N–H and O–H groups in total. The molecule has 1 aliphatic heterocycles. The Morgan fingerprint density at radius 1 is 1.37 bits per heavy atom. The predicted molar refractivity (Wildman–Crippen MR) is 75.8 cm³/mol. The molecule has 2 fully saturated rings. The lowest BCUT2D eigenvalue weighted by Gasteiger charge is -2.25. The van der Waals surface area contributed by atoms with Gasteiger partial charge in [0.1, 0.15) is 11.7 Å². The SMILES string of the molecule is CCCN1C(=O)C2(CC2)NC1c1cc(C)ccc1C. The van der Waals surface area contributed by atoms with Crippen LogP contribution < -0.4 is 5.32 Å². The molecule has 1 saturated heterocycles. The van der Waals surface area contributed by atoms with E-state index in [0.717, 1.165) is 25.8 Å². The van der Waals surface area contributed by atoms with E-state index in [1.165, 1.54) is 16.7 Å². The van der Waals surface area contributed by atoms with Crippen LogP contribution in [0.1, 0.15) is 49.0 Å². The van der Waals surface area contributed by atoms with Gasteiger partial charge >= 0.3 is 0 Å². The standard InChI is InChI=1S/C16H22N2O/c1-4-9-18-14(17-16(7-8-16)15(18)19)13-10-11(2)5-6-12(13)3/h5-6,10,14,17H,4,7-9H2,1-3H3. The van der Waals surface area contributed by atoms with Gasteiger partial charge in [0.25, 0.3) is 0 Å². The topological polar surface area (TPSA) is 32.3 Å². The summed E-state index contributed by atoms with van der Waals surface area (Å²) in [5, 5.41) is 3.59. The zero-order valence-electron chi connectivity index (χ0n) is 12.0. The molecule has 1 aromatic carbocycles. The van der Waals surface area contributed by atoms with E-state index in [2.05, 4.69) is 44.3 Å². The molecular weight excluding hydrogens is 236 g/mol. The minimum absolute atomic E-state index is 0.0647. The van der Waals surface area contributed by atoms with Crippen LogP contribution in [0.3, 0.4) is 0 Å². The molecule has 3 heteroatoms. The molecule has 102 valence electrons. The van der Waals surface area contributed by atoms with Gasteiger partial charge in [0.15, 0.2) is 0 Å². The van der Waals surface area contributed by atoms with Crippen molar-refractivity contribution in [1.29, 1.82) is 0 Å². The number of carbonyl (C=O) groups excluding carboxylic acids is 1. The number of rotatable bonds is 3. The number of nitrogens with one attached hydrogen (secondary N) is 1. The summed E-state index contributed by atoms with van der Waals surface area (Å²) in [5.41, 5.74) is 3.54. The number of benzene rings is 1. The fourth-order valence-electron chi connectivity index (χ4n) is 3.05. The maximum absolute atomic E-state index is 12.5. The van der Waals surface area contributed by atoms with Crippen LogP contribution in [0.2, 0.25) is 0 Å².